The lowest BCUT2D eigenvalue weighted by Gasteiger charge is -2.32. The molecule has 0 atom stereocenters. The predicted molar refractivity (Wildman–Crippen MR) is 169 cm³/mol. The van der Waals surface area contributed by atoms with Crippen LogP contribution in [0.1, 0.15) is 64.9 Å². The second-order valence-electron chi connectivity index (χ2n) is 12.5. The van der Waals surface area contributed by atoms with Crippen LogP contribution in [0.15, 0.2) is 71.8 Å². The van der Waals surface area contributed by atoms with Crippen molar-refractivity contribution in [1.29, 1.82) is 0 Å². The Bertz CT molecular complexity index is 1680. The van der Waals surface area contributed by atoms with Crippen molar-refractivity contribution in [2.75, 3.05) is 26.2 Å². The molecule has 2 saturated heterocycles. The molecule has 2 aliphatic heterocycles. The number of amides is 2. The Kier molecular flexibility index (Phi) is 9.93. The number of pyridine rings is 1. The summed E-state index contributed by atoms with van der Waals surface area (Å²) in [7, 11) is -3.24. The molecule has 1 aliphatic carbocycles. The van der Waals surface area contributed by atoms with Crippen molar-refractivity contribution in [3.8, 4) is 11.5 Å². The molecule has 0 unspecified atom stereocenters. The van der Waals surface area contributed by atoms with E-state index < -0.39 is 16.2 Å². The Labute approximate surface area is 277 Å². The number of carbonyl (C=O) groups is 2. The van der Waals surface area contributed by atoms with Crippen molar-refractivity contribution in [1.82, 2.24) is 20.1 Å². The zero-order valence-corrected chi connectivity index (χ0v) is 27.0. The standard InChI is InChI=1S/C34H37F3N4O6S/c35-34(36,37)47-28-4-1-23(2-5-28)22-40-17-13-25(14-18-40)39-32(42)24-3-12-31(38-21-24)33(43)41-19-15-27(16-20-41)46-26-6-8-29(9-7-26)48(44,45)30-10-11-30/h1-9,12,21,25,27,30H,10-11,13-20,22H2,(H,39,42). The molecule has 3 aliphatic rings. The van der Waals surface area contributed by atoms with Gasteiger partial charge < -0.3 is 19.7 Å². The van der Waals surface area contributed by atoms with Gasteiger partial charge in [-0.3, -0.25) is 19.5 Å². The van der Waals surface area contributed by atoms with Gasteiger partial charge in [-0.15, -0.1) is 13.2 Å². The minimum Gasteiger partial charge on any atom is -0.490 e. The SMILES string of the molecule is O=C(NC1CCN(Cc2ccc(OC(F)(F)F)cc2)CC1)c1ccc(C(=O)N2CCC(Oc3ccc(S(=O)(=O)C4CC4)cc3)CC2)nc1. The zero-order chi connectivity index (χ0) is 33.9. The van der Waals surface area contributed by atoms with Crippen LogP contribution in [-0.2, 0) is 16.4 Å². The van der Waals surface area contributed by atoms with E-state index in [2.05, 4.69) is 19.9 Å². The highest BCUT2D eigenvalue weighted by Crippen LogP contribution is 2.34. The second kappa shape index (κ2) is 14.1. The van der Waals surface area contributed by atoms with Crippen LogP contribution < -0.4 is 14.8 Å². The summed E-state index contributed by atoms with van der Waals surface area (Å²) in [5.74, 6) is -0.139. The largest absolute Gasteiger partial charge is 0.573 e. The lowest BCUT2D eigenvalue weighted by Crippen LogP contribution is -2.44. The molecule has 3 heterocycles. The van der Waals surface area contributed by atoms with Gasteiger partial charge in [-0.05, 0) is 79.8 Å². The fraction of sp³-hybridized carbons (Fsp3) is 0.441. The maximum absolute atomic E-state index is 13.1. The van der Waals surface area contributed by atoms with E-state index in [1.165, 1.54) is 18.3 Å². The minimum absolute atomic E-state index is 0.0325. The number of carbonyl (C=O) groups excluding carboxylic acids is 2. The molecule has 0 spiro atoms. The van der Waals surface area contributed by atoms with Gasteiger partial charge in [-0.25, -0.2) is 8.42 Å². The molecule has 1 aromatic heterocycles. The zero-order valence-electron chi connectivity index (χ0n) is 26.2. The molecule has 0 bridgehead atoms. The maximum Gasteiger partial charge on any atom is 0.573 e. The van der Waals surface area contributed by atoms with E-state index in [1.54, 1.807) is 53.4 Å². The summed E-state index contributed by atoms with van der Waals surface area (Å²) >= 11 is 0. The number of sulfone groups is 1. The van der Waals surface area contributed by atoms with Crippen molar-refractivity contribution < 1.29 is 40.7 Å². The van der Waals surface area contributed by atoms with Crippen LogP contribution in [0, 0.1) is 0 Å². The van der Waals surface area contributed by atoms with Gasteiger partial charge in [0.05, 0.1) is 15.7 Å². The van der Waals surface area contributed by atoms with Crippen LogP contribution in [0.25, 0.3) is 0 Å². The summed E-state index contributed by atoms with van der Waals surface area (Å²) in [5, 5.41) is 2.78. The van der Waals surface area contributed by atoms with Crippen molar-refractivity contribution in [3.63, 3.8) is 0 Å². The maximum atomic E-state index is 13.1. The Hall–Kier alpha value is -4.17. The first-order valence-electron chi connectivity index (χ1n) is 16.1. The van der Waals surface area contributed by atoms with Crippen molar-refractivity contribution >= 4 is 21.7 Å². The third-order valence-electron chi connectivity index (χ3n) is 8.88. The molecular formula is C34H37F3N4O6S. The molecule has 0 radical (unpaired) electrons. The number of aromatic nitrogens is 1. The normalized spacial score (nSPS) is 18.4. The van der Waals surface area contributed by atoms with Crippen molar-refractivity contribution in [2.24, 2.45) is 0 Å². The molecule has 3 aromatic rings. The van der Waals surface area contributed by atoms with Crippen molar-refractivity contribution in [2.45, 2.75) is 73.7 Å². The first-order chi connectivity index (χ1) is 22.9. The quantitative estimate of drug-likeness (QED) is 0.317. The van der Waals surface area contributed by atoms with Crippen LogP contribution in [-0.4, -0.2) is 85.0 Å². The Morgan fingerprint density at radius 2 is 1.48 bits per heavy atom. The molecule has 2 amide bonds. The fourth-order valence-corrected chi connectivity index (χ4v) is 7.68. The highest BCUT2D eigenvalue weighted by Gasteiger charge is 2.37. The van der Waals surface area contributed by atoms with E-state index in [-0.39, 0.29) is 40.7 Å². The highest BCUT2D eigenvalue weighted by atomic mass is 32.2. The number of piperidine rings is 2. The molecule has 6 rings (SSSR count). The summed E-state index contributed by atoms with van der Waals surface area (Å²) in [6.45, 7) is 2.99. The molecular weight excluding hydrogens is 649 g/mol. The number of alkyl halides is 3. The second-order valence-corrected chi connectivity index (χ2v) is 14.7. The average molecular weight is 687 g/mol. The van der Waals surface area contributed by atoms with Gasteiger partial charge in [0.2, 0.25) is 0 Å². The van der Waals surface area contributed by atoms with Gasteiger partial charge >= 0.3 is 6.36 Å². The van der Waals surface area contributed by atoms with E-state index in [0.717, 1.165) is 31.5 Å². The third kappa shape index (κ3) is 8.64. The van der Waals surface area contributed by atoms with Gasteiger partial charge in [-0.2, -0.15) is 0 Å². The smallest absolute Gasteiger partial charge is 0.490 e. The Morgan fingerprint density at radius 1 is 0.833 bits per heavy atom. The summed E-state index contributed by atoms with van der Waals surface area (Å²) < 4.78 is 71.9. The van der Waals surface area contributed by atoms with E-state index >= 15 is 0 Å². The molecule has 256 valence electrons. The fourth-order valence-electron chi connectivity index (χ4n) is 6.02. The summed E-state index contributed by atoms with van der Waals surface area (Å²) in [5.41, 5.74) is 1.49. The number of hydrogen-bond acceptors (Lipinski definition) is 8. The summed E-state index contributed by atoms with van der Waals surface area (Å²) in [6, 6.07) is 15.5. The minimum atomic E-state index is -4.72. The molecule has 3 fully saturated rings. The topological polar surface area (TPSA) is 118 Å². The number of nitrogens with zero attached hydrogens (tertiary/aromatic N) is 3. The van der Waals surface area contributed by atoms with Crippen molar-refractivity contribution in [3.05, 3.63) is 83.7 Å². The van der Waals surface area contributed by atoms with E-state index in [1.807, 2.05) is 0 Å². The van der Waals surface area contributed by atoms with Crippen LogP contribution in [0.3, 0.4) is 0 Å². The monoisotopic (exact) mass is 686 g/mol. The van der Waals surface area contributed by atoms with Gasteiger partial charge in [0.25, 0.3) is 11.8 Å². The molecule has 2 aromatic carbocycles. The molecule has 1 N–H and O–H groups in total. The van der Waals surface area contributed by atoms with Crippen LogP contribution >= 0.6 is 0 Å². The van der Waals surface area contributed by atoms with E-state index in [4.69, 9.17) is 4.74 Å². The number of likely N-dealkylation sites (tertiary alicyclic amines) is 2. The molecule has 10 nitrogen and oxygen atoms in total. The molecule has 48 heavy (non-hydrogen) atoms. The molecule has 1 saturated carbocycles. The Morgan fingerprint density at radius 3 is 2.06 bits per heavy atom. The van der Waals surface area contributed by atoms with Gasteiger partial charge in [0, 0.05) is 57.8 Å². The molecule has 14 heteroatoms. The van der Waals surface area contributed by atoms with Gasteiger partial charge in [-0.1, -0.05) is 12.1 Å². The lowest BCUT2D eigenvalue weighted by molar-refractivity contribution is -0.274. The highest BCUT2D eigenvalue weighted by molar-refractivity contribution is 7.92. The van der Waals surface area contributed by atoms with Gasteiger partial charge in [0.15, 0.2) is 9.84 Å². The Balaban J connectivity index is 0.914. The third-order valence-corrected chi connectivity index (χ3v) is 11.2. The summed E-state index contributed by atoms with van der Waals surface area (Å²) in [4.78, 5) is 34.5. The first kappa shape index (κ1) is 33.7. The lowest BCUT2D eigenvalue weighted by atomic mass is 10.0. The number of hydrogen-bond donors (Lipinski definition) is 1. The van der Waals surface area contributed by atoms with E-state index in [9.17, 15) is 31.2 Å². The van der Waals surface area contributed by atoms with Crippen LogP contribution in [0.5, 0.6) is 11.5 Å². The number of rotatable bonds is 10. The first-order valence-corrected chi connectivity index (χ1v) is 17.6. The number of benzene rings is 2. The predicted octanol–water partition coefficient (Wildman–Crippen LogP) is 4.99. The van der Waals surface area contributed by atoms with Crippen LogP contribution in [0.4, 0.5) is 13.2 Å². The van der Waals surface area contributed by atoms with Gasteiger partial charge in [0.1, 0.15) is 23.3 Å². The van der Waals surface area contributed by atoms with Crippen LogP contribution in [0.2, 0.25) is 0 Å². The van der Waals surface area contributed by atoms with E-state index in [0.29, 0.717) is 61.5 Å². The average Bonchev–Trinajstić information content (AvgIpc) is 3.93. The number of ether oxygens (including phenoxy) is 2. The summed E-state index contributed by atoms with van der Waals surface area (Å²) in [6.07, 6.45) is 0.707. The number of nitrogens with one attached hydrogen (secondary N) is 1. The number of halogens is 3.